The Hall–Kier alpha value is -2.28. The Kier molecular flexibility index (Phi) is 2.92. The average molecular weight is 289 g/mol. The molecule has 1 aliphatic heterocycles. The Balaban J connectivity index is 1.50. The number of aromatic nitrogens is 2. The molecule has 0 saturated heterocycles. The molecule has 0 radical (unpaired) electrons. The summed E-state index contributed by atoms with van der Waals surface area (Å²) in [6.07, 6.45) is 2.28. The molecule has 1 aliphatic carbocycles. The van der Waals surface area contributed by atoms with Crippen LogP contribution < -0.4 is 19.9 Å². The van der Waals surface area contributed by atoms with E-state index in [9.17, 15) is 0 Å². The van der Waals surface area contributed by atoms with Crippen LogP contribution in [0.3, 0.4) is 0 Å². The second-order valence-electron chi connectivity index (χ2n) is 5.13. The summed E-state index contributed by atoms with van der Waals surface area (Å²) in [5.74, 6) is 3.71. The molecule has 1 aromatic heterocycles. The van der Waals surface area contributed by atoms with Gasteiger partial charge in [-0.3, -0.25) is 0 Å². The predicted molar refractivity (Wildman–Crippen MR) is 71.1 cm³/mol. The number of ether oxygens (including phenoxy) is 3. The molecule has 1 fully saturated rings. The molecule has 21 heavy (non-hydrogen) atoms. The number of hydrogen-bond acceptors (Lipinski definition) is 7. The van der Waals surface area contributed by atoms with Gasteiger partial charge in [-0.15, -0.1) is 0 Å². The van der Waals surface area contributed by atoms with Crippen LogP contribution in [0.5, 0.6) is 17.2 Å². The summed E-state index contributed by atoms with van der Waals surface area (Å²) < 4.78 is 21.6. The van der Waals surface area contributed by atoms with Gasteiger partial charge < -0.3 is 24.5 Å². The third-order valence-electron chi connectivity index (χ3n) is 3.55. The lowest BCUT2D eigenvalue weighted by Gasteiger charge is -2.09. The van der Waals surface area contributed by atoms with Gasteiger partial charge in [-0.25, -0.2) is 0 Å². The highest BCUT2D eigenvalue weighted by molar-refractivity contribution is 5.51. The van der Waals surface area contributed by atoms with E-state index in [2.05, 4.69) is 10.1 Å². The molecule has 110 valence electrons. The lowest BCUT2D eigenvalue weighted by atomic mass is 10.2. The fourth-order valence-electron chi connectivity index (χ4n) is 2.23. The van der Waals surface area contributed by atoms with Gasteiger partial charge in [0.1, 0.15) is 5.75 Å². The van der Waals surface area contributed by atoms with Gasteiger partial charge in [-0.1, -0.05) is 5.16 Å². The Bertz CT molecular complexity index is 666. The number of fused-ring (bicyclic) bond motifs is 1. The average Bonchev–Trinajstić information content (AvgIpc) is 3.08. The zero-order valence-corrected chi connectivity index (χ0v) is 11.4. The smallest absolute Gasteiger partial charge is 0.264 e. The fourth-order valence-corrected chi connectivity index (χ4v) is 2.23. The van der Waals surface area contributed by atoms with Crippen LogP contribution in [0.1, 0.15) is 36.0 Å². The largest absolute Gasteiger partial charge is 0.483 e. The van der Waals surface area contributed by atoms with Crippen molar-refractivity contribution < 1.29 is 18.7 Å². The first-order valence-corrected chi connectivity index (χ1v) is 6.91. The summed E-state index contributed by atoms with van der Waals surface area (Å²) in [5, 5.41) is 3.96. The van der Waals surface area contributed by atoms with Gasteiger partial charge in [0.25, 0.3) is 5.89 Å². The van der Waals surface area contributed by atoms with Crippen molar-refractivity contribution in [2.24, 2.45) is 5.73 Å². The molecule has 0 unspecified atom stereocenters. The highest BCUT2D eigenvalue weighted by Crippen LogP contribution is 2.39. The van der Waals surface area contributed by atoms with E-state index in [4.69, 9.17) is 24.5 Å². The summed E-state index contributed by atoms with van der Waals surface area (Å²) in [5.41, 5.74) is 6.59. The van der Waals surface area contributed by atoms with Crippen molar-refractivity contribution in [2.45, 2.75) is 31.9 Å². The Labute approximate surface area is 121 Å². The van der Waals surface area contributed by atoms with Gasteiger partial charge in [0, 0.05) is 24.1 Å². The summed E-state index contributed by atoms with van der Waals surface area (Å²) in [4.78, 5) is 4.33. The number of nitrogens with zero attached hydrogens (tertiary/aromatic N) is 2. The summed E-state index contributed by atoms with van der Waals surface area (Å²) in [7, 11) is 0. The van der Waals surface area contributed by atoms with Crippen molar-refractivity contribution in [1.82, 2.24) is 10.1 Å². The van der Waals surface area contributed by atoms with Crippen LogP contribution in [-0.2, 0) is 13.2 Å². The number of rotatable bonds is 5. The quantitative estimate of drug-likeness (QED) is 0.895. The second-order valence-corrected chi connectivity index (χ2v) is 5.13. The van der Waals surface area contributed by atoms with Crippen molar-refractivity contribution >= 4 is 0 Å². The first-order valence-electron chi connectivity index (χ1n) is 6.91. The van der Waals surface area contributed by atoms with Crippen LogP contribution in [0.4, 0.5) is 0 Å². The van der Waals surface area contributed by atoms with Crippen LogP contribution in [-0.4, -0.2) is 16.9 Å². The van der Waals surface area contributed by atoms with Crippen molar-refractivity contribution in [3.8, 4) is 17.2 Å². The van der Waals surface area contributed by atoms with Gasteiger partial charge in [0.15, 0.2) is 23.9 Å². The molecule has 2 heterocycles. The topological polar surface area (TPSA) is 92.6 Å². The molecular weight excluding hydrogens is 274 g/mol. The lowest BCUT2D eigenvalue weighted by molar-refractivity contribution is 0.173. The Morgan fingerprint density at radius 3 is 2.81 bits per heavy atom. The van der Waals surface area contributed by atoms with E-state index in [0.717, 1.165) is 24.2 Å². The van der Waals surface area contributed by atoms with Crippen molar-refractivity contribution in [3.05, 3.63) is 29.4 Å². The normalized spacial score (nSPS) is 16.2. The predicted octanol–water partition coefficient (Wildman–Crippen LogP) is 1.71. The Morgan fingerprint density at radius 1 is 1.24 bits per heavy atom. The number of benzene rings is 1. The minimum Gasteiger partial charge on any atom is -0.483 e. The maximum atomic E-state index is 5.74. The first kappa shape index (κ1) is 12.5. The van der Waals surface area contributed by atoms with Crippen molar-refractivity contribution in [3.63, 3.8) is 0 Å². The maximum absolute atomic E-state index is 5.74. The van der Waals surface area contributed by atoms with Gasteiger partial charge >= 0.3 is 0 Å². The van der Waals surface area contributed by atoms with E-state index in [1.165, 1.54) is 0 Å². The highest BCUT2D eigenvalue weighted by atomic mass is 16.7. The summed E-state index contributed by atoms with van der Waals surface area (Å²) in [6.45, 7) is 0.784. The van der Waals surface area contributed by atoms with Gasteiger partial charge in [0.2, 0.25) is 6.79 Å². The zero-order valence-electron chi connectivity index (χ0n) is 11.4. The molecule has 2 aliphatic rings. The second kappa shape index (κ2) is 4.92. The van der Waals surface area contributed by atoms with Gasteiger partial charge in [-0.2, -0.15) is 4.98 Å². The van der Waals surface area contributed by atoms with Crippen LogP contribution in [0.15, 0.2) is 16.7 Å². The van der Waals surface area contributed by atoms with Crippen molar-refractivity contribution in [1.29, 1.82) is 0 Å². The fraction of sp³-hybridized carbons (Fsp3) is 0.429. The zero-order chi connectivity index (χ0) is 14.2. The standard InChI is InChI=1S/C14H15N3O4/c15-5-9-3-11-12(20-7-19-11)4-10(9)18-6-13-16-14(17-21-13)8-1-2-8/h3-4,8H,1-2,5-7,15H2. The minimum absolute atomic E-state index is 0.215. The molecule has 1 saturated carbocycles. The molecule has 0 atom stereocenters. The molecule has 0 spiro atoms. The van der Waals surface area contributed by atoms with E-state index >= 15 is 0 Å². The van der Waals surface area contributed by atoms with Crippen LogP contribution >= 0.6 is 0 Å². The molecule has 7 nitrogen and oxygen atoms in total. The lowest BCUT2D eigenvalue weighted by Crippen LogP contribution is -2.03. The van der Waals surface area contributed by atoms with Gasteiger partial charge in [0.05, 0.1) is 0 Å². The summed E-state index contributed by atoms with van der Waals surface area (Å²) >= 11 is 0. The Morgan fingerprint density at radius 2 is 2.05 bits per heavy atom. The SMILES string of the molecule is NCc1cc2c(cc1OCc1nc(C3CC3)no1)OCO2. The highest BCUT2D eigenvalue weighted by Gasteiger charge is 2.28. The molecule has 7 heteroatoms. The summed E-state index contributed by atoms with van der Waals surface area (Å²) in [6, 6.07) is 3.61. The molecule has 2 N–H and O–H groups in total. The van der Waals surface area contributed by atoms with E-state index < -0.39 is 0 Å². The van der Waals surface area contributed by atoms with E-state index in [1.807, 2.05) is 6.07 Å². The third kappa shape index (κ3) is 2.40. The van der Waals surface area contributed by atoms with Crippen LogP contribution in [0.25, 0.3) is 0 Å². The molecule has 4 rings (SSSR count). The number of hydrogen-bond donors (Lipinski definition) is 1. The molecule has 0 amide bonds. The van der Waals surface area contributed by atoms with Gasteiger partial charge in [-0.05, 0) is 18.9 Å². The third-order valence-corrected chi connectivity index (χ3v) is 3.55. The maximum Gasteiger partial charge on any atom is 0.264 e. The van der Waals surface area contributed by atoms with Crippen molar-refractivity contribution in [2.75, 3.05) is 6.79 Å². The minimum atomic E-state index is 0.215. The molecular formula is C14H15N3O4. The van der Waals surface area contributed by atoms with E-state index in [1.54, 1.807) is 6.07 Å². The molecule has 2 aromatic rings. The first-order chi connectivity index (χ1) is 10.3. The van der Waals surface area contributed by atoms with Crippen LogP contribution in [0, 0.1) is 0 Å². The van der Waals surface area contributed by atoms with Crippen LogP contribution in [0.2, 0.25) is 0 Å². The van der Waals surface area contributed by atoms with E-state index in [-0.39, 0.29) is 13.4 Å². The molecule has 1 aromatic carbocycles. The monoisotopic (exact) mass is 289 g/mol. The molecule has 0 bridgehead atoms. The van der Waals surface area contributed by atoms with E-state index in [0.29, 0.717) is 35.6 Å². The number of nitrogens with two attached hydrogens (primary N) is 1.